The summed E-state index contributed by atoms with van der Waals surface area (Å²) < 4.78 is 46.4. The zero-order valence-corrected chi connectivity index (χ0v) is 15.4. The van der Waals surface area contributed by atoms with Crippen molar-refractivity contribution in [1.82, 2.24) is 24.5 Å². The molecule has 0 radical (unpaired) electrons. The third kappa shape index (κ3) is 4.76. The van der Waals surface area contributed by atoms with Crippen molar-refractivity contribution < 1.29 is 17.5 Å². The van der Waals surface area contributed by atoms with Gasteiger partial charge in [-0.3, -0.25) is 0 Å². The number of halogens is 1. The van der Waals surface area contributed by atoms with Gasteiger partial charge in [-0.25, -0.2) is 17.5 Å². The molecule has 11 heteroatoms. The van der Waals surface area contributed by atoms with E-state index in [-0.39, 0.29) is 17.9 Å². The maximum absolute atomic E-state index is 12.9. The van der Waals surface area contributed by atoms with Crippen molar-refractivity contribution >= 4 is 21.5 Å². The number of hydrogen-bond acceptors (Lipinski definition) is 7. The molecule has 0 amide bonds. The number of nitrogens with one attached hydrogen (secondary N) is 2. The zero-order valence-electron chi connectivity index (χ0n) is 14.6. The molecule has 3 rings (SSSR count). The van der Waals surface area contributed by atoms with Gasteiger partial charge in [-0.15, -0.1) is 15.3 Å². The van der Waals surface area contributed by atoms with Crippen LogP contribution in [0.15, 0.2) is 41.3 Å². The lowest BCUT2D eigenvalue weighted by atomic mass is 10.4. The third-order valence-electron chi connectivity index (χ3n) is 3.70. The van der Waals surface area contributed by atoms with Crippen molar-refractivity contribution in [2.75, 3.05) is 32.1 Å². The summed E-state index contributed by atoms with van der Waals surface area (Å²) in [6.45, 7) is 1.24. The van der Waals surface area contributed by atoms with Gasteiger partial charge in [0, 0.05) is 26.6 Å². The Labute approximate surface area is 155 Å². The summed E-state index contributed by atoms with van der Waals surface area (Å²) >= 11 is 0. The van der Waals surface area contributed by atoms with Crippen LogP contribution in [0, 0.1) is 5.82 Å². The van der Waals surface area contributed by atoms with Crippen molar-refractivity contribution in [3.05, 3.63) is 48.0 Å². The molecule has 144 valence electrons. The van der Waals surface area contributed by atoms with Crippen molar-refractivity contribution in [1.29, 1.82) is 0 Å². The van der Waals surface area contributed by atoms with Gasteiger partial charge in [-0.2, -0.15) is 4.52 Å². The highest BCUT2D eigenvalue weighted by molar-refractivity contribution is 7.89. The van der Waals surface area contributed by atoms with Crippen LogP contribution in [-0.2, 0) is 21.2 Å². The molecule has 0 spiro atoms. The highest BCUT2D eigenvalue weighted by Gasteiger charge is 2.14. The first kappa shape index (κ1) is 19.1. The predicted molar refractivity (Wildman–Crippen MR) is 96.4 cm³/mol. The summed E-state index contributed by atoms with van der Waals surface area (Å²) in [6, 6.07) is 8.17. The number of methoxy groups -OCH3 is 1. The summed E-state index contributed by atoms with van der Waals surface area (Å²) in [4.78, 5) is -0.00208. The highest BCUT2D eigenvalue weighted by atomic mass is 32.2. The van der Waals surface area contributed by atoms with E-state index >= 15 is 0 Å². The molecule has 1 aromatic carbocycles. The fourth-order valence-electron chi connectivity index (χ4n) is 2.36. The Balaban J connectivity index is 1.66. The van der Waals surface area contributed by atoms with Crippen LogP contribution < -0.4 is 10.0 Å². The standard InChI is InChI=1S/C16H19FN6O3S/c1-26-11-10-18-14-6-7-15-20-21-16(23(15)22-14)8-9-19-27(24,25)13-4-2-12(17)3-5-13/h2-7,19H,8-11H2,1H3,(H,18,22). The van der Waals surface area contributed by atoms with Gasteiger partial charge < -0.3 is 10.1 Å². The molecule has 0 aliphatic heterocycles. The molecule has 2 heterocycles. The predicted octanol–water partition coefficient (Wildman–Crippen LogP) is 0.843. The Hall–Kier alpha value is -2.63. The van der Waals surface area contributed by atoms with E-state index in [4.69, 9.17) is 4.74 Å². The molecule has 0 unspecified atom stereocenters. The fraction of sp³-hybridized carbons (Fsp3) is 0.312. The molecule has 0 fully saturated rings. The van der Waals surface area contributed by atoms with Gasteiger partial charge in [0.15, 0.2) is 11.5 Å². The monoisotopic (exact) mass is 394 g/mol. The molecule has 0 saturated heterocycles. The van der Waals surface area contributed by atoms with Crippen LogP contribution in [0.1, 0.15) is 5.82 Å². The van der Waals surface area contributed by atoms with E-state index in [0.717, 1.165) is 12.1 Å². The first-order chi connectivity index (χ1) is 13.0. The SMILES string of the molecule is COCCNc1ccc2nnc(CCNS(=O)(=O)c3ccc(F)cc3)n2n1. The number of fused-ring (bicyclic) bond motifs is 1. The van der Waals surface area contributed by atoms with Crippen molar-refractivity contribution in [2.45, 2.75) is 11.3 Å². The highest BCUT2D eigenvalue weighted by Crippen LogP contribution is 2.10. The number of hydrogen-bond donors (Lipinski definition) is 2. The lowest BCUT2D eigenvalue weighted by Crippen LogP contribution is -2.26. The Morgan fingerprint density at radius 3 is 2.63 bits per heavy atom. The topological polar surface area (TPSA) is 111 Å². The molecule has 27 heavy (non-hydrogen) atoms. The summed E-state index contributed by atoms with van der Waals surface area (Å²) in [5.74, 6) is 0.652. The second-order valence-electron chi connectivity index (χ2n) is 5.63. The zero-order chi connectivity index (χ0) is 19.3. The van der Waals surface area contributed by atoms with Gasteiger partial charge in [0.25, 0.3) is 0 Å². The summed E-state index contributed by atoms with van der Waals surface area (Å²) in [6.07, 6.45) is 0.288. The van der Waals surface area contributed by atoms with Gasteiger partial charge in [0.2, 0.25) is 10.0 Å². The average Bonchev–Trinajstić information content (AvgIpc) is 3.05. The van der Waals surface area contributed by atoms with Gasteiger partial charge in [0.1, 0.15) is 11.6 Å². The lowest BCUT2D eigenvalue weighted by Gasteiger charge is -2.07. The Morgan fingerprint density at radius 2 is 1.89 bits per heavy atom. The van der Waals surface area contributed by atoms with Gasteiger partial charge in [-0.05, 0) is 36.4 Å². The van der Waals surface area contributed by atoms with E-state index in [0.29, 0.717) is 30.4 Å². The van der Waals surface area contributed by atoms with Crippen LogP contribution >= 0.6 is 0 Å². The van der Waals surface area contributed by atoms with Gasteiger partial charge in [0.05, 0.1) is 11.5 Å². The number of rotatable bonds is 9. The molecule has 9 nitrogen and oxygen atoms in total. The fourth-order valence-corrected chi connectivity index (χ4v) is 3.39. The van der Waals surface area contributed by atoms with E-state index in [1.165, 1.54) is 12.1 Å². The van der Waals surface area contributed by atoms with Crippen molar-refractivity contribution in [3.8, 4) is 0 Å². The van der Waals surface area contributed by atoms with E-state index in [1.807, 2.05) is 0 Å². The molecular weight excluding hydrogens is 375 g/mol. The second kappa shape index (κ2) is 8.37. The number of sulfonamides is 1. The molecule has 2 aromatic heterocycles. The number of anilines is 1. The lowest BCUT2D eigenvalue weighted by molar-refractivity contribution is 0.210. The third-order valence-corrected chi connectivity index (χ3v) is 5.18. The van der Waals surface area contributed by atoms with Gasteiger partial charge >= 0.3 is 0 Å². The van der Waals surface area contributed by atoms with Crippen LogP contribution in [-0.4, -0.2) is 55.0 Å². The van der Waals surface area contributed by atoms with Crippen LogP contribution in [0.25, 0.3) is 5.65 Å². The second-order valence-corrected chi connectivity index (χ2v) is 7.39. The summed E-state index contributed by atoms with van der Waals surface area (Å²) in [5.41, 5.74) is 0.559. The molecule has 0 aliphatic carbocycles. The van der Waals surface area contributed by atoms with Crippen LogP contribution in [0.2, 0.25) is 0 Å². The molecular formula is C16H19FN6O3S. The summed E-state index contributed by atoms with van der Waals surface area (Å²) in [7, 11) is -2.11. The first-order valence-corrected chi connectivity index (χ1v) is 9.67. The minimum Gasteiger partial charge on any atom is -0.383 e. The molecule has 2 N–H and O–H groups in total. The van der Waals surface area contributed by atoms with Gasteiger partial charge in [-0.1, -0.05) is 0 Å². The quantitative estimate of drug-likeness (QED) is 0.518. The summed E-state index contributed by atoms with van der Waals surface area (Å²) in [5, 5.41) is 15.6. The van der Waals surface area contributed by atoms with Crippen LogP contribution in [0.4, 0.5) is 10.2 Å². The smallest absolute Gasteiger partial charge is 0.240 e. The Kier molecular flexibility index (Phi) is 5.94. The number of benzene rings is 1. The van der Waals surface area contributed by atoms with Crippen LogP contribution in [0.3, 0.4) is 0 Å². The Morgan fingerprint density at radius 1 is 1.11 bits per heavy atom. The maximum Gasteiger partial charge on any atom is 0.240 e. The van der Waals surface area contributed by atoms with E-state index in [1.54, 1.807) is 23.8 Å². The minimum atomic E-state index is -3.73. The minimum absolute atomic E-state index is 0.00208. The van der Waals surface area contributed by atoms with E-state index in [2.05, 4.69) is 25.3 Å². The molecule has 0 atom stereocenters. The largest absolute Gasteiger partial charge is 0.383 e. The number of ether oxygens (including phenoxy) is 1. The maximum atomic E-state index is 12.9. The van der Waals surface area contributed by atoms with E-state index < -0.39 is 15.8 Å². The van der Waals surface area contributed by atoms with Crippen molar-refractivity contribution in [3.63, 3.8) is 0 Å². The number of aromatic nitrogens is 4. The number of nitrogens with zero attached hydrogens (tertiary/aromatic N) is 4. The van der Waals surface area contributed by atoms with E-state index in [9.17, 15) is 12.8 Å². The van der Waals surface area contributed by atoms with Crippen LogP contribution in [0.5, 0.6) is 0 Å². The average molecular weight is 394 g/mol. The molecule has 0 bridgehead atoms. The molecule has 0 saturated carbocycles. The normalized spacial score (nSPS) is 11.8. The molecule has 0 aliphatic rings. The first-order valence-electron chi connectivity index (χ1n) is 8.19. The molecule has 3 aromatic rings. The Bertz CT molecular complexity index is 1010. The van der Waals surface area contributed by atoms with Crippen molar-refractivity contribution in [2.24, 2.45) is 0 Å².